The quantitative estimate of drug-likeness (QED) is 0.893. The van der Waals surface area contributed by atoms with Gasteiger partial charge < -0.3 is 10.2 Å². The molecule has 0 aromatic carbocycles. The third kappa shape index (κ3) is 3.82. The van der Waals surface area contributed by atoms with Crippen LogP contribution in [-0.4, -0.2) is 53.6 Å². The van der Waals surface area contributed by atoms with E-state index in [1.807, 2.05) is 6.92 Å². The lowest BCUT2D eigenvalue weighted by atomic mass is 10.2. The lowest BCUT2D eigenvalue weighted by molar-refractivity contribution is 0.209. The molecule has 0 atom stereocenters. The molecule has 5 heteroatoms. The molecule has 2 heterocycles. The minimum absolute atomic E-state index is 0.631. The fourth-order valence-electron chi connectivity index (χ4n) is 2.52. The Labute approximate surface area is 122 Å². The average Bonchev–Trinajstić information content (AvgIpc) is 2.44. The van der Waals surface area contributed by atoms with E-state index in [4.69, 9.17) is 0 Å². The van der Waals surface area contributed by atoms with Crippen LogP contribution in [0.1, 0.15) is 33.0 Å². The van der Waals surface area contributed by atoms with Crippen molar-refractivity contribution in [2.45, 2.75) is 40.2 Å². The smallest absolute Gasteiger partial charge is 0.134 e. The molecule has 1 aromatic heterocycles. The first-order valence-electron chi connectivity index (χ1n) is 7.68. The molecule has 1 saturated heterocycles. The number of hydrogen-bond acceptors (Lipinski definition) is 5. The van der Waals surface area contributed by atoms with E-state index in [-0.39, 0.29) is 0 Å². The third-order valence-corrected chi connectivity index (χ3v) is 3.75. The summed E-state index contributed by atoms with van der Waals surface area (Å²) in [7, 11) is 0. The summed E-state index contributed by atoms with van der Waals surface area (Å²) < 4.78 is 0. The highest BCUT2D eigenvalue weighted by Gasteiger charge is 2.20. The van der Waals surface area contributed by atoms with Crippen LogP contribution in [0.3, 0.4) is 0 Å². The van der Waals surface area contributed by atoms with Gasteiger partial charge in [-0.15, -0.1) is 0 Å². The first kappa shape index (κ1) is 15.0. The molecule has 0 radical (unpaired) electrons. The monoisotopic (exact) mass is 277 g/mol. The maximum Gasteiger partial charge on any atom is 0.134 e. The Kier molecular flexibility index (Phi) is 5.17. The van der Waals surface area contributed by atoms with Crippen LogP contribution < -0.4 is 10.2 Å². The van der Waals surface area contributed by atoms with Gasteiger partial charge in [-0.3, -0.25) is 4.90 Å². The van der Waals surface area contributed by atoms with Gasteiger partial charge in [0, 0.05) is 44.8 Å². The van der Waals surface area contributed by atoms with Crippen LogP contribution in [0.25, 0.3) is 0 Å². The molecule has 0 unspecified atom stereocenters. The van der Waals surface area contributed by atoms with Crippen molar-refractivity contribution < 1.29 is 0 Å². The van der Waals surface area contributed by atoms with Crippen LogP contribution in [0.2, 0.25) is 0 Å². The fourth-order valence-corrected chi connectivity index (χ4v) is 2.52. The van der Waals surface area contributed by atoms with Crippen molar-refractivity contribution in [2.24, 2.45) is 0 Å². The van der Waals surface area contributed by atoms with Crippen molar-refractivity contribution >= 4 is 11.6 Å². The van der Waals surface area contributed by atoms with Gasteiger partial charge >= 0.3 is 0 Å². The summed E-state index contributed by atoms with van der Waals surface area (Å²) in [6, 6.07) is 2.71. The number of hydrogen-bond donors (Lipinski definition) is 1. The zero-order chi connectivity index (χ0) is 14.5. The van der Waals surface area contributed by atoms with E-state index < -0.39 is 0 Å². The van der Waals surface area contributed by atoms with Crippen molar-refractivity contribution in [3.8, 4) is 0 Å². The second-order valence-electron chi connectivity index (χ2n) is 5.70. The summed E-state index contributed by atoms with van der Waals surface area (Å²) in [6.07, 6.45) is 1.10. The molecule has 1 N–H and O–H groups in total. The number of anilines is 2. The molecule has 20 heavy (non-hydrogen) atoms. The van der Waals surface area contributed by atoms with Crippen LogP contribution in [0.15, 0.2) is 6.07 Å². The van der Waals surface area contributed by atoms with E-state index >= 15 is 0 Å². The lowest BCUT2D eigenvalue weighted by Gasteiger charge is -2.37. The van der Waals surface area contributed by atoms with Crippen LogP contribution in [0.4, 0.5) is 11.6 Å². The lowest BCUT2D eigenvalue weighted by Crippen LogP contribution is -2.49. The topological polar surface area (TPSA) is 44.3 Å². The predicted molar refractivity (Wildman–Crippen MR) is 84.5 cm³/mol. The summed E-state index contributed by atoms with van der Waals surface area (Å²) in [5, 5.41) is 3.35. The third-order valence-electron chi connectivity index (χ3n) is 3.75. The Morgan fingerprint density at radius 1 is 1.20 bits per heavy atom. The second-order valence-corrected chi connectivity index (χ2v) is 5.70. The number of nitrogens with one attached hydrogen (secondary N) is 1. The molecule has 0 spiro atoms. The largest absolute Gasteiger partial charge is 0.370 e. The van der Waals surface area contributed by atoms with E-state index in [0.29, 0.717) is 6.04 Å². The number of aryl methyl sites for hydroxylation is 1. The van der Waals surface area contributed by atoms with Crippen molar-refractivity contribution in [2.75, 3.05) is 42.9 Å². The highest BCUT2D eigenvalue weighted by atomic mass is 15.3. The SMILES string of the molecule is CCCNc1cc(N2CCN(C(C)C)CC2)nc(C)n1. The molecule has 0 aliphatic carbocycles. The molecular weight excluding hydrogens is 250 g/mol. The van der Waals surface area contributed by atoms with Gasteiger partial charge in [0.15, 0.2) is 0 Å². The fraction of sp³-hybridized carbons (Fsp3) is 0.733. The number of rotatable bonds is 5. The Morgan fingerprint density at radius 3 is 2.50 bits per heavy atom. The zero-order valence-corrected chi connectivity index (χ0v) is 13.2. The molecule has 1 aliphatic heterocycles. The second kappa shape index (κ2) is 6.88. The summed E-state index contributed by atoms with van der Waals surface area (Å²) in [6.45, 7) is 13.9. The molecule has 0 amide bonds. The van der Waals surface area contributed by atoms with Gasteiger partial charge in [0.1, 0.15) is 17.5 Å². The van der Waals surface area contributed by atoms with Gasteiger partial charge in [-0.05, 0) is 27.2 Å². The Balaban J connectivity index is 2.03. The number of piperazine rings is 1. The normalized spacial score (nSPS) is 16.8. The van der Waals surface area contributed by atoms with E-state index in [0.717, 1.165) is 56.6 Å². The molecule has 0 bridgehead atoms. The van der Waals surface area contributed by atoms with Crippen molar-refractivity contribution in [3.63, 3.8) is 0 Å². The predicted octanol–water partition coefficient (Wildman–Crippen LogP) is 2.14. The summed E-state index contributed by atoms with van der Waals surface area (Å²) in [5.41, 5.74) is 0. The van der Waals surface area contributed by atoms with Crippen LogP contribution in [0.5, 0.6) is 0 Å². The molecule has 1 aliphatic rings. The van der Waals surface area contributed by atoms with Gasteiger partial charge in [0.2, 0.25) is 0 Å². The van der Waals surface area contributed by atoms with Crippen LogP contribution >= 0.6 is 0 Å². The van der Waals surface area contributed by atoms with Gasteiger partial charge in [-0.25, -0.2) is 9.97 Å². The summed E-state index contributed by atoms with van der Waals surface area (Å²) in [4.78, 5) is 13.9. The Bertz CT molecular complexity index is 424. The van der Waals surface area contributed by atoms with E-state index in [9.17, 15) is 0 Å². The molecule has 5 nitrogen and oxygen atoms in total. The molecule has 1 fully saturated rings. The minimum Gasteiger partial charge on any atom is -0.370 e. The Morgan fingerprint density at radius 2 is 1.90 bits per heavy atom. The molecule has 112 valence electrons. The van der Waals surface area contributed by atoms with Gasteiger partial charge in [0.05, 0.1) is 0 Å². The maximum atomic E-state index is 4.59. The molecule has 2 rings (SSSR count). The first-order valence-corrected chi connectivity index (χ1v) is 7.68. The average molecular weight is 277 g/mol. The van der Waals surface area contributed by atoms with E-state index in [1.54, 1.807) is 0 Å². The van der Waals surface area contributed by atoms with Crippen LogP contribution in [0, 0.1) is 6.92 Å². The number of aromatic nitrogens is 2. The van der Waals surface area contributed by atoms with Gasteiger partial charge in [0.25, 0.3) is 0 Å². The summed E-state index contributed by atoms with van der Waals surface area (Å²) in [5.74, 6) is 2.84. The van der Waals surface area contributed by atoms with E-state index in [1.165, 1.54) is 0 Å². The van der Waals surface area contributed by atoms with Crippen molar-refractivity contribution in [1.82, 2.24) is 14.9 Å². The Hall–Kier alpha value is -1.36. The standard InChI is InChI=1S/C15H27N5/c1-5-6-16-14-11-15(18-13(4)17-14)20-9-7-19(8-10-20)12(2)3/h11-12H,5-10H2,1-4H3,(H,16,17,18). The first-order chi connectivity index (χ1) is 9.60. The zero-order valence-electron chi connectivity index (χ0n) is 13.2. The van der Waals surface area contributed by atoms with Crippen molar-refractivity contribution in [1.29, 1.82) is 0 Å². The molecule has 0 saturated carbocycles. The minimum atomic E-state index is 0.631. The maximum absolute atomic E-state index is 4.59. The number of nitrogens with zero attached hydrogens (tertiary/aromatic N) is 4. The summed E-state index contributed by atoms with van der Waals surface area (Å²) >= 11 is 0. The molecular formula is C15H27N5. The molecule has 1 aromatic rings. The van der Waals surface area contributed by atoms with Crippen LogP contribution in [-0.2, 0) is 0 Å². The van der Waals surface area contributed by atoms with Crippen molar-refractivity contribution in [3.05, 3.63) is 11.9 Å². The van der Waals surface area contributed by atoms with Gasteiger partial charge in [-0.1, -0.05) is 6.92 Å². The van der Waals surface area contributed by atoms with E-state index in [2.05, 4.69) is 51.9 Å². The highest BCUT2D eigenvalue weighted by Crippen LogP contribution is 2.18. The highest BCUT2D eigenvalue weighted by molar-refractivity contribution is 5.49. The van der Waals surface area contributed by atoms with Gasteiger partial charge in [-0.2, -0.15) is 0 Å².